The molecule has 1 aromatic carbocycles. The van der Waals surface area contributed by atoms with Crippen LogP contribution in [0.3, 0.4) is 0 Å². The van der Waals surface area contributed by atoms with E-state index < -0.39 is 0 Å². The highest BCUT2D eigenvalue weighted by molar-refractivity contribution is 7.12. The number of hydrogen-bond acceptors (Lipinski definition) is 5. The number of carbonyl (C=O) groups is 1. The van der Waals surface area contributed by atoms with Gasteiger partial charge in [0.1, 0.15) is 5.75 Å². The van der Waals surface area contributed by atoms with Crippen molar-refractivity contribution in [1.29, 1.82) is 0 Å². The first-order valence-electron chi connectivity index (χ1n) is 6.08. The second-order valence-corrected chi connectivity index (χ2v) is 5.19. The van der Waals surface area contributed by atoms with Crippen molar-refractivity contribution >= 4 is 22.9 Å². The van der Waals surface area contributed by atoms with Gasteiger partial charge in [-0.15, -0.1) is 11.3 Å². The average molecular weight is 291 g/mol. The number of hydrogen-bond donors (Lipinski definition) is 2. The molecule has 2 aromatic rings. The quantitative estimate of drug-likeness (QED) is 0.502. The van der Waals surface area contributed by atoms with Gasteiger partial charge in [-0.1, -0.05) is 12.1 Å². The van der Waals surface area contributed by atoms with Crippen LogP contribution < -0.4 is 20.9 Å². The molecule has 6 heteroatoms. The van der Waals surface area contributed by atoms with Gasteiger partial charge in [0, 0.05) is 13.6 Å². The molecule has 0 atom stereocenters. The van der Waals surface area contributed by atoms with Gasteiger partial charge in [0.2, 0.25) is 0 Å². The van der Waals surface area contributed by atoms with Crippen LogP contribution in [-0.2, 0) is 6.54 Å². The number of thiophene rings is 1. The summed E-state index contributed by atoms with van der Waals surface area (Å²) in [6.07, 6.45) is 0. The molecule has 1 amide bonds. The lowest BCUT2D eigenvalue weighted by molar-refractivity contribution is 0.0957. The molecule has 0 saturated heterocycles. The highest BCUT2D eigenvalue weighted by Crippen LogP contribution is 2.29. The molecule has 0 fully saturated rings. The normalized spacial score (nSPS) is 10.2. The molecular formula is C14H17N3O2S. The van der Waals surface area contributed by atoms with Gasteiger partial charge in [-0.2, -0.15) is 0 Å². The summed E-state index contributed by atoms with van der Waals surface area (Å²) in [4.78, 5) is 14.3. The first-order valence-corrected chi connectivity index (χ1v) is 6.96. The van der Waals surface area contributed by atoms with Gasteiger partial charge in [0.15, 0.2) is 0 Å². The molecule has 0 spiro atoms. The number of anilines is 1. The van der Waals surface area contributed by atoms with Crippen molar-refractivity contribution in [1.82, 2.24) is 5.43 Å². The van der Waals surface area contributed by atoms with E-state index in [1.807, 2.05) is 47.7 Å². The molecule has 5 nitrogen and oxygen atoms in total. The Labute approximate surface area is 121 Å². The molecule has 1 heterocycles. The number of ether oxygens (including phenoxy) is 1. The summed E-state index contributed by atoms with van der Waals surface area (Å²) < 4.78 is 5.35. The number of para-hydroxylation sites is 2. The first kappa shape index (κ1) is 14.4. The van der Waals surface area contributed by atoms with Gasteiger partial charge < -0.3 is 9.64 Å². The molecular weight excluding hydrogens is 274 g/mol. The van der Waals surface area contributed by atoms with Crippen molar-refractivity contribution in [3.05, 3.63) is 46.2 Å². The summed E-state index contributed by atoms with van der Waals surface area (Å²) in [6.45, 7) is 0.604. The molecule has 0 bridgehead atoms. The largest absolute Gasteiger partial charge is 0.495 e. The fraction of sp³-hybridized carbons (Fsp3) is 0.214. The Bertz CT molecular complexity index is 598. The van der Waals surface area contributed by atoms with Gasteiger partial charge in [0.05, 0.1) is 17.7 Å². The Hall–Kier alpha value is -2.05. The predicted octanol–water partition coefficient (Wildman–Crippen LogP) is 2.00. The topological polar surface area (TPSA) is 67.6 Å². The Morgan fingerprint density at radius 3 is 2.85 bits per heavy atom. The van der Waals surface area contributed by atoms with E-state index in [2.05, 4.69) is 5.43 Å². The molecule has 20 heavy (non-hydrogen) atoms. The zero-order valence-electron chi connectivity index (χ0n) is 11.4. The number of nitrogens with one attached hydrogen (secondary N) is 1. The number of rotatable bonds is 5. The highest BCUT2D eigenvalue weighted by atomic mass is 32.1. The number of hydrazine groups is 1. The first-order chi connectivity index (χ1) is 9.67. The van der Waals surface area contributed by atoms with Crippen molar-refractivity contribution in [2.24, 2.45) is 5.84 Å². The van der Waals surface area contributed by atoms with Gasteiger partial charge in [-0.3, -0.25) is 10.2 Å². The molecule has 0 aliphatic rings. The minimum atomic E-state index is -0.261. The van der Waals surface area contributed by atoms with E-state index in [-0.39, 0.29) is 5.91 Å². The summed E-state index contributed by atoms with van der Waals surface area (Å²) >= 11 is 1.38. The molecule has 0 saturated carbocycles. The van der Waals surface area contributed by atoms with Gasteiger partial charge in [-0.25, -0.2) is 5.84 Å². The second-order valence-electron chi connectivity index (χ2n) is 4.28. The number of nitrogen functional groups attached to an aromatic ring is 1. The molecule has 0 unspecified atom stereocenters. The van der Waals surface area contributed by atoms with E-state index in [0.29, 0.717) is 11.4 Å². The Kier molecular flexibility index (Phi) is 4.60. The highest BCUT2D eigenvalue weighted by Gasteiger charge is 2.15. The summed E-state index contributed by atoms with van der Waals surface area (Å²) in [5.41, 5.74) is 4.08. The number of nitrogens with two attached hydrogens (primary N) is 1. The van der Waals surface area contributed by atoms with Gasteiger partial charge in [-0.05, 0) is 29.1 Å². The smallest absolute Gasteiger partial charge is 0.275 e. The van der Waals surface area contributed by atoms with Crippen molar-refractivity contribution in [3.8, 4) is 5.75 Å². The van der Waals surface area contributed by atoms with Crippen molar-refractivity contribution in [2.45, 2.75) is 6.54 Å². The van der Waals surface area contributed by atoms with E-state index in [1.54, 1.807) is 7.11 Å². The SMILES string of the molecule is COc1ccccc1N(C)Cc1ccsc1C(=O)NN. The lowest BCUT2D eigenvalue weighted by Crippen LogP contribution is -2.30. The van der Waals surface area contributed by atoms with E-state index in [1.165, 1.54) is 11.3 Å². The third-order valence-corrected chi connectivity index (χ3v) is 3.94. The van der Waals surface area contributed by atoms with Crippen LogP contribution in [0.2, 0.25) is 0 Å². The van der Waals surface area contributed by atoms with Crippen LogP contribution in [-0.4, -0.2) is 20.1 Å². The summed E-state index contributed by atoms with van der Waals surface area (Å²) in [5.74, 6) is 5.73. The number of amides is 1. The second kappa shape index (κ2) is 6.40. The van der Waals surface area contributed by atoms with Crippen molar-refractivity contribution < 1.29 is 9.53 Å². The lowest BCUT2D eigenvalue weighted by atomic mass is 10.2. The van der Waals surface area contributed by atoms with Crippen LogP contribution in [0.15, 0.2) is 35.7 Å². The Morgan fingerprint density at radius 1 is 1.40 bits per heavy atom. The zero-order chi connectivity index (χ0) is 14.5. The zero-order valence-corrected chi connectivity index (χ0v) is 12.2. The van der Waals surface area contributed by atoms with E-state index in [0.717, 1.165) is 17.0 Å². The van der Waals surface area contributed by atoms with Crippen LogP contribution in [0.4, 0.5) is 5.69 Å². The Morgan fingerprint density at radius 2 is 2.15 bits per heavy atom. The number of carbonyl (C=O) groups excluding carboxylic acids is 1. The number of nitrogens with zero attached hydrogens (tertiary/aromatic N) is 1. The summed E-state index contributed by atoms with van der Waals surface area (Å²) in [7, 11) is 3.60. The number of methoxy groups -OCH3 is 1. The molecule has 106 valence electrons. The Balaban J connectivity index is 2.22. The maximum Gasteiger partial charge on any atom is 0.275 e. The van der Waals surface area contributed by atoms with Crippen LogP contribution >= 0.6 is 11.3 Å². The maximum atomic E-state index is 11.7. The van der Waals surface area contributed by atoms with Crippen LogP contribution in [0.25, 0.3) is 0 Å². The fourth-order valence-corrected chi connectivity index (χ4v) is 2.83. The average Bonchev–Trinajstić information content (AvgIpc) is 2.94. The molecule has 3 N–H and O–H groups in total. The van der Waals surface area contributed by atoms with Crippen LogP contribution in [0.5, 0.6) is 5.75 Å². The monoisotopic (exact) mass is 291 g/mol. The third kappa shape index (κ3) is 2.92. The standard InChI is InChI=1S/C14H17N3O2S/c1-17(11-5-3-4-6-12(11)19-2)9-10-7-8-20-13(10)14(18)16-15/h3-8H,9,15H2,1-2H3,(H,16,18). The van der Waals surface area contributed by atoms with Gasteiger partial charge in [0.25, 0.3) is 5.91 Å². The van der Waals surface area contributed by atoms with Crippen molar-refractivity contribution in [2.75, 3.05) is 19.1 Å². The predicted molar refractivity (Wildman–Crippen MR) is 81.1 cm³/mol. The maximum absolute atomic E-state index is 11.7. The summed E-state index contributed by atoms with van der Waals surface area (Å²) in [6, 6.07) is 9.70. The minimum Gasteiger partial charge on any atom is -0.495 e. The minimum absolute atomic E-state index is 0.261. The molecule has 0 aliphatic carbocycles. The van der Waals surface area contributed by atoms with Crippen LogP contribution in [0, 0.1) is 0 Å². The third-order valence-electron chi connectivity index (χ3n) is 2.99. The molecule has 0 aliphatic heterocycles. The molecule has 0 radical (unpaired) electrons. The fourth-order valence-electron chi connectivity index (χ4n) is 2.01. The van der Waals surface area contributed by atoms with E-state index in [4.69, 9.17) is 10.6 Å². The van der Waals surface area contributed by atoms with E-state index in [9.17, 15) is 4.79 Å². The number of benzene rings is 1. The molecule has 1 aromatic heterocycles. The summed E-state index contributed by atoms with van der Waals surface area (Å²) in [5, 5.41) is 1.88. The van der Waals surface area contributed by atoms with Crippen molar-refractivity contribution in [3.63, 3.8) is 0 Å². The molecule has 2 rings (SSSR count). The lowest BCUT2D eigenvalue weighted by Gasteiger charge is -2.21. The van der Waals surface area contributed by atoms with E-state index >= 15 is 0 Å². The van der Waals surface area contributed by atoms with Crippen LogP contribution in [0.1, 0.15) is 15.2 Å². The van der Waals surface area contributed by atoms with Gasteiger partial charge >= 0.3 is 0 Å².